The average Bonchev–Trinajstić information content (AvgIpc) is 1.86. The van der Waals surface area contributed by atoms with E-state index in [1.54, 1.807) is 13.0 Å². The second-order valence-corrected chi connectivity index (χ2v) is 2.26. The summed E-state index contributed by atoms with van der Waals surface area (Å²) < 4.78 is 4.48. The van der Waals surface area contributed by atoms with Crippen molar-refractivity contribution < 1.29 is 14.6 Å². The number of esters is 1. The Balaban J connectivity index is 3.71. The number of hydrogen-bond acceptors (Lipinski definition) is 3. The summed E-state index contributed by atoms with van der Waals surface area (Å²) in [5.41, 5.74) is 0.781. The van der Waals surface area contributed by atoms with Crippen LogP contribution in [-0.4, -0.2) is 17.2 Å². The number of ether oxygens (including phenoxy) is 1. The lowest BCUT2D eigenvalue weighted by atomic mass is 10.3. The van der Waals surface area contributed by atoms with Crippen LogP contribution >= 0.6 is 0 Å². The first-order chi connectivity index (χ1) is 5.04. The van der Waals surface area contributed by atoms with Gasteiger partial charge in [-0.3, -0.25) is 0 Å². The molecule has 0 aliphatic rings. The van der Waals surface area contributed by atoms with Crippen molar-refractivity contribution in [3.63, 3.8) is 0 Å². The third-order valence-electron chi connectivity index (χ3n) is 0.878. The summed E-state index contributed by atoms with van der Waals surface area (Å²) in [6.07, 6.45) is 1.67. The Morgan fingerprint density at radius 1 is 1.73 bits per heavy atom. The monoisotopic (exact) mass is 156 g/mol. The van der Waals surface area contributed by atoms with Crippen molar-refractivity contribution in [3.05, 3.63) is 24.5 Å². The van der Waals surface area contributed by atoms with Gasteiger partial charge in [-0.2, -0.15) is 0 Å². The fourth-order valence-electron chi connectivity index (χ4n) is 0.316. The van der Waals surface area contributed by atoms with Crippen LogP contribution in [0, 0.1) is 0 Å². The first kappa shape index (κ1) is 9.91. The highest BCUT2D eigenvalue weighted by molar-refractivity contribution is 5.74. The Morgan fingerprint density at radius 2 is 2.27 bits per heavy atom. The fraction of sp³-hybridized carbons (Fsp3) is 0.375. The number of carbonyl (C=O) groups is 1. The molecule has 1 N–H and O–H groups in total. The number of hydrogen-bond donors (Lipinski definition) is 1. The number of carbonyl (C=O) groups excluding carboxylic acids is 1. The van der Waals surface area contributed by atoms with Gasteiger partial charge in [-0.25, -0.2) is 4.79 Å². The number of aliphatic hydroxyl groups excluding tert-OH is 1. The first-order valence-corrected chi connectivity index (χ1v) is 3.24. The lowest BCUT2D eigenvalue weighted by Crippen LogP contribution is -2.16. The maximum absolute atomic E-state index is 10.6. The van der Waals surface area contributed by atoms with Crippen LogP contribution in [0.25, 0.3) is 0 Å². The zero-order valence-corrected chi connectivity index (χ0v) is 6.70. The Morgan fingerprint density at radius 3 is 2.64 bits per heavy atom. The highest BCUT2D eigenvalue weighted by Crippen LogP contribution is 1.92. The second kappa shape index (κ2) is 4.68. The van der Waals surface area contributed by atoms with Crippen LogP contribution in [0.1, 0.15) is 13.8 Å². The molecule has 1 unspecified atom stereocenters. The van der Waals surface area contributed by atoms with Gasteiger partial charge in [-0.1, -0.05) is 12.2 Å². The molecule has 0 bridgehead atoms. The first-order valence-electron chi connectivity index (χ1n) is 3.24. The van der Waals surface area contributed by atoms with Gasteiger partial charge in [0.05, 0.1) is 6.26 Å². The van der Waals surface area contributed by atoms with Crippen molar-refractivity contribution in [2.24, 2.45) is 0 Å². The van der Waals surface area contributed by atoms with E-state index in [9.17, 15) is 4.79 Å². The van der Waals surface area contributed by atoms with Crippen molar-refractivity contribution in [2.45, 2.75) is 20.0 Å². The molecule has 0 aliphatic heterocycles. The molecule has 62 valence electrons. The Kier molecular flexibility index (Phi) is 4.22. The number of aliphatic hydroxyl groups is 1. The zero-order valence-electron chi connectivity index (χ0n) is 6.70. The molecule has 3 heteroatoms. The zero-order chi connectivity index (χ0) is 8.85. The molecule has 0 radical (unpaired) electrons. The molecule has 0 amide bonds. The van der Waals surface area contributed by atoms with Crippen LogP contribution in [0.5, 0.6) is 0 Å². The van der Waals surface area contributed by atoms with Crippen molar-refractivity contribution in [1.29, 1.82) is 0 Å². The predicted octanol–water partition coefficient (Wildman–Crippen LogP) is 1.00. The Hall–Kier alpha value is -1.09. The molecule has 0 aromatic heterocycles. The van der Waals surface area contributed by atoms with E-state index < -0.39 is 12.1 Å². The maximum Gasteiger partial charge on any atom is 0.339 e. The van der Waals surface area contributed by atoms with E-state index in [-0.39, 0.29) is 0 Å². The van der Waals surface area contributed by atoms with E-state index in [0.717, 1.165) is 5.57 Å². The molecule has 0 saturated heterocycles. The van der Waals surface area contributed by atoms with E-state index in [1.807, 2.05) is 0 Å². The summed E-state index contributed by atoms with van der Waals surface area (Å²) in [6.45, 7) is 6.67. The minimum absolute atomic E-state index is 0.664. The molecular formula is C8H12O3. The fourth-order valence-corrected chi connectivity index (χ4v) is 0.316. The van der Waals surface area contributed by atoms with Crippen molar-refractivity contribution in [1.82, 2.24) is 0 Å². The molecule has 0 spiro atoms. The minimum Gasteiger partial charge on any atom is -0.433 e. The SMILES string of the molecule is C=C(C)C=COC(=O)C(C)O. The van der Waals surface area contributed by atoms with Gasteiger partial charge in [0.2, 0.25) is 0 Å². The molecule has 0 aromatic rings. The normalized spacial score (nSPS) is 13.0. The summed E-state index contributed by atoms with van der Waals surface area (Å²) in [5.74, 6) is -0.664. The average molecular weight is 156 g/mol. The van der Waals surface area contributed by atoms with Gasteiger partial charge in [-0.15, -0.1) is 0 Å². The van der Waals surface area contributed by atoms with Gasteiger partial charge in [0.15, 0.2) is 0 Å². The molecular weight excluding hydrogens is 144 g/mol. The molecule has 0 aromatic carbocycles. The minimum atomic E-state index is -1.08. The summed E-state index contributed by atoms with van der Waals surface area (Å²) in [6, 6.07) is 0. The van der Waals surface area contributed by atoms with Crippen LogP contribution in [0.15, 0.2) is 24.5 Å². The van der Waals surface area contributed by atoms with Gasteiger partial charge in [0.25, 0.3) is 0 Å². The molecule has 3 nitrogen and oxygen atoms in total. The predicted molar refractivity (Wildman–Crippen MR) is 41.7 cm³/mol. The van der Waals surface area contributed by atoms with E-state index in [4.69, 9.17) is 5.11 Å². The standard InChI is InChI=1S/C8H12O3/c1-6(2)4-5-11-8(10)7(3)9/h4-5,7,9H,1H2,2-3H3. The lowest BCUT2D eigenvalue weighted by Gasteiger charge is -1.99. The molecule has 0 saturated carbocycles. The summed E-state index contributed by atoms with van der Waals surface area (Å²) in [4.78, 5) is 10.6. The van der Waals surface area contributed by atoms with Crippen LogP contribution in [0.4, 0.5) is 0 Å². The Bertz CT molecular complexity index is 180. The second-order valence-electron chi connectivity index (χ2n) is 2.26. The van der Waals surface area contributed by atoms with Crippen LogP contribution in [0.2, 0.25) is 0 Å². The van der Waals surface area contributed by atoms with Gasteiger partial charge < -0.3 is 9.84 Å². The number of rotatable bonds is 3. The quantitative estimate of drug-likeness (QED) is 0.376. The molecule has 0 rings (SSSR count). The van der Waals surface area contributed by atoms with Gasteiger partial charge >= 0.3 is 5.97 Å². The highest BCUT2D eigenvalue weighted by Gasteiger charge is 2.07. The van der Waals surface area contributed by atoms with E-state index in [2.05, 4.69) is 11.3 Å². The van der Waals surface area contributed by atoms with E-state index >= 15 is 0 Å². The van der Waals surface area contributed by atoms with E-state index in [1.165, 1.54) is 13.2 Å². The molecule has 0 fully saturated rings. The van der Waals surface area contributed by atoms with E-state index in [0.29, 0.717) is 0 Å². The molecule has 11 heavy (non-hydrogen) atoms. The maximum atomic E-state index is 10.6. The summed E-state index contributed by atoms with van der Waals surface area (Å²) >= 11 is 0. The van der Waals surface area contributed by atoms with Gasteiger partial charge in [-0.05, 0) is 19.9 Å². The van der Waals surface area contributed by atoms with Gasteiger partial charge in [0, 0.05) is 0 Å². The van der Waals surface area contributed by atoms with Crippen molar-refractivity contribution in [2.75, 3.05) is 0 Å². The third-order valence-corrected chi connectivity index (χ3v) is 0.878. The van der Waals surface area contributed by atoms with Crippen molar-refractivity contribution >= 4 is 5.97 Å². The number of allylic oxidation sites excluding steroid dienone is 2. The molecule has 0 heterocycles. The van der Waals surface area contributed by atoms with Gasteiger partial charge in [0.1, 0.15) is 6.10 Å². The van der Waals surface area contributed by atoms with Crippen LogP contribution in [0.3, 0.4) is 0 Å². The van der Waals surface area contributed by atoms with Crippen molar-refractivity contribution in [3.8, 4) is 0 Å². The van der Waals surface area contributed by atoms with Crippen LogP contribution in [-0.2, 0) is 9.53 Å². The highest BCUT2D eigenvalue weighted by atomic mass is 16.5. The summed E-state index contributed by atoms with van der Waals surface area (Å²) in [5, 5.41) is 8.66. The summed E-state index contributed by atoms with van der Waals surface area (Å²) in [7, 11) is 0. The third kappa shape index (κ3) is 5.36. The topological polar surface area (TPSA) is 46.5 Å². The smallest absolute Gasteiger partial charge is 0.339 e. The van der Waals surface area contributed by atoms with Crippen LogP contribution < -0.4 is 0 Å². The Labute approximate surface area is 66.0 Å². The lowest BCUT2D eigenvalue weighted by molar-refractivity contribution is -0.146. The molecule has 0 aliphatic carbocycles. The largest absolute Gasteiger partial charge is 0.433 e. The molecule has 1 atom stereocenters.